The van der Waals surface area contributed by atoms with Crippen LogP contribution in [-0.2, 0) is 26.1 Å². The summed E-state index contributed by atoms with van der Waals surface area (Å²) in [6.07, 6.45) is 5.62. The van der Waals surface area contributed by atoms with Gasteiger partial charge in [-0.2, -0.15) is 0 Å². The molecule has 0 spiro atoms. The average Bonchev–Trinajstić information content (AvgIpc) is 2.66. The minimum atomic E-state index is -0.827. The second-order valence-electron chi connectivity index (χ2n) is 9.52. The lowest BCUT2D eigenvalue weighted by Crippen LogP contribution is -2.40. The van der Waals surface area contributed by atoms with Gasteiger partial charge in [-0.05, 0) is 43.0 Å². The molecule has 2 aromatic rings. The van der Waals surface area contributed by atoms with Gasteiger partial charge in [0, 0.05) is 22.0 Å². The molecular formula is C26H32O2. The standard InChI is InChI=1S/C26H32O2/c1-18-8-10-20(11-9-18)26(27-14-7-15-28-26)21-17-23-22(16-19(21)2)24(3,4)12-13-25(23,5)6/h8-13,16-17H,7,14-15H2,1-6H3. The molecule has 4 rings (SSSR count). The molecule has 28 heavy (non-hydrogen) atoms. The number of hydrogen-bond donors (Lipinski definition) is 0. The number of aryl methyl sites for hydroxylation is 2. The van der Waals surface area contributed by atoms with Crippen molar-refractivity contribution in [2.24, 2.45) is 0 Å². The Kier molecular flexibility index (Phi) is 4.56. The zero-order valence-corrected chi connectivity index (χ0v) is 18.1. The van der Waals surface area contributed by atoms with E-state index in [1.807, 2.05) is 0 Å². The van der Waals surface area contributed by atoms with E-state index in [0.29, 0.717) is 13.2 Å². The first kappa shape index (κ1) is 19.4. The second-order valence-corrected chi connectivity index (χ2v) is 9.52. The van der Waals surface area contributed by atoms with Crippen LogP contribution >= 0.6 is 0 Å². The molecule has 0 amide bonds. The van der Waals surface area contributed by atoms with Crippen molar-refractivity contribution in [3.8, 4) is 0 Å². The number of rotatable bonds is 2. The van der Waals surface area contributed by atoms with Crippen molar-refractivity contribution in [2.75, 3.05) is 13.2 Å². The van der Waals surface area contributed by atoms with Crippen LogP contribution in [0.4, 0.5) is 0 Å². The molecule has 1 aliphatic carbocycles. The Hall–Kier alpha value is -1.90. The maximum absolute atomic E-state index is 6.43. The predicted octanol–water partition coefficient (Wildman–Crippen LogP) is 6.07. The highest BCUT2D eigenvalue weighted by Crippen LogP contribution is 2.46. The Labute approximate surface area is 169 Å². The minimum Gasteiger partial charge on any atom is -0.342 e. The normalized spacial score (nSPS) is 21.9. The molecule has 2 aliphatic rings. The molecule has 1 aliphatic heterocycles. The molecule has 0 aromatic heterocycles. The third kappa shape index (κ3) is 3.03. The highest BCUT2D eigenvalue weighted by Gasteiger charge is 2.42. The van der Waals surface area contributed by atoms with Crippen LogP contribution in [0.2, 0.25) is 0 Å². The molecule has 0 unspecified atom stereocenters. The third-order valence-corrected chi connectivity index (χ3v) is 6.36. The summed E-state index contributed by atoms with van der Waals surface area (Å²) < 4.78 is 12.9. The lowest BCUT2D eigenvalue weighted by Gasteiger charge is -2.42. The van der Waals surface area contributed by atoms with Crippen molar-refractivity contribution in [2.45, 2.75) is 64.6 Å². The fourth-order valence-electron chi connectivity index (χ4n) is 4.51. The van der Waals surface area contributed by atoms with Crippen LogP contribution in [0.3, 0.4) is 0 Å². The topological polar surface area (TPSA) is 18.5 Å². The first-order valence-corrected chi connectivity index (χ1v) is 10.4. The van der Waals surface area contributed by atoms with Gasteiger partial charge in [0.15, 0.2) is 0 Å². The highest BCUT2D eigenvalue weighted by molar-refractivity contribution is 5.54. The summed E-state index contributed by atoms with van der Waals surface area (Å²) in [4.78, 5) is 0. The summed E-state index contributed by atoms with van der Waals surface area (Å²) in [6, 6.07) is 13.3. The highest BCUT2D eigenvalue weighted by atomic mass is 16.7. The van der Waals surface area contributed by atoms with Crippen LogP contribution < -0.4 is 0 Å². The summed E-state index contributed by atoms with van der Waals surface area (Å²) in [5.74, 6) is -0.827. The molecule has 2 aromatic carbocycles. The maximum atomic E-state index is 6.43. The third-order valence-electron chi connectivity index (χ3n) is 6.36. The van der Waals surface area contributed by atoms with Gasteiger partial charge in [0.25, 0.3) is 0 Å². The zero-order valence-electron chi connectivity index (χ0n) is 18.1. The quantitative estimate of drug-likeness (QED) is 0.593. The zero-order chi connectivity index (χ0) is 20.2. The van der Waals surface area contributed by atoms with Crippen LogP contribution in [0.5, 0.6) is 0 Å². The van der Waals surface area contributed by atoms with Gasteiger partial charge < -0.3 is 9.47 Å². The van der Waals surface area contributed by atoms with Crippen LogP contribution in [-0.4, -0.2) is 13.2 Å². The molecule has 0 saturated carbocycles. The fraction of sp³-hybridized carbons (Fsp3) is 0.462. The van der Waals surface area contributed by atoms with Crippen LogP contribution in [0, 0.1) is 13.8 Å². The van der Waals surface area contributed by atoms with Crippen molar-refractivity contribution >= 4 is 0 Å². The number of ether oxygens (including phenoxy) is 2. The van der Waals surface area contributed by atoms with E-state index in [0.717, 1.165) is 17.5 Å². The van der Waals surface area contributed by atoms with Gasteiger partial charge >= 0.3 is 0 Å². The summed E-state index contributed by atoms with van der Waals surface area (Å²) in [5.41, 5.74) is 7.44. The van der Waals surface area contributed by atoms with Crippen molar-refractivity contribution in [3.05, 3.63) is 81.9 Å². The van der Waals surface area contributed by atoms with E-state index in [4.69, 9.17) is 9.47 Å². The van der Waals surface area contributed by atoms with E-state index in [1.165, 1.54) is 22.3 Å². The van der Waals surface area contributed by atoms with Gasteiger partial charge in [-0.1, -0.05) is 75.7 Å². The van der Waals surface area contributed by atoms with E-state index < -0.39 is 5.79 Å². The first-order chi connectivity index (χ1) is 13.2. The molecule has 0 atom stereocenters. The van der Waals surface area contributed by atoms with Gasteiger partial charge in [-0.25, -0.2) is 0 Å². The molecule has 0 radical (unpaired) electrons. The molecule has 0 N–H and O–H groups in total. The largest absolute Gasteiger partial charge is 0.342 e. The first-order valence-electron chi connectivity index (χ1n) is 10.4. The van der Waals surface area contributed by atoms with Gasteiger partial charge in [0.2, 0.25) is 5.79 Å². The molecule has 148 valence electrons. The number of fused-ring (bicyclic) bond motifs is 1. The SMILES string of the molecule is Cc1ccc(C2(c3cc4c(cc3C)C(C)(C)C=CC4(C)C)OCCCO2)cc1. The number of benzene rings is 2. The van der Waals surface area contributed by atoms with E-state index in [2.05, 4.69) is 90.1 Å². The molecule has 1 saturated heterocycles. The molecule has 2 heteroatoms. The Balaban J connectivity index is 1.95. The number of hydrogen-bond acceptors (Lipinski definition) is 2. The van der Waals surface area contributed by atoms with E-state index in [9.17, 15) is 0 Å². The van der Waals surface area contributed by atoms with Crippen LogP contribution in [0.15, 0.2) is 48.6 Å². The van der Waals surface area contributed by atoms with Crippen molar-refractivity contribution in [3.63, 3.8) is 0 Å². The van der Waals surface area contributed by atoms with Crippen molar-refractivity contribution < 1.29 is 9.47 Å². The van der Waals surface area contributed by atoms with Crippen LogP contribution in [0.25, 0.3) is 0 Å². The van der Waals surface area contributed by atoms with Gasteiger partial charge in [0.1, 0.15) is 0 Å². The van der Waals surface area contributed by atoms with Crippen LogP contribution in [0.1, 0.15) is 67.5 Å². The summed E-state index contributed by atoms with van der Waals surface area (Å²) in [7, 11) is 0. The smallest absolute Gasteiger partial charge is 0.222 e. The van der Waals surface area contributed by atoms with E-state index in [1.54, 1.807) is 0 Å². The van der Waals surface area contributed by atoms with Gasteiger partial charge in [-0.15, -0.1) is 0 Å². The molecular weight excluding hydrogens is 344 g/mol. The lowest BCUT2D eigenvalue weighted by atomic mass is 9.66. The van der Waals surface area contributed by atoms with E-state index in [-0.39, 0.29) is 10.8 Å². The van der Waals surface area contributed by atoms with Gasteiger partial charge in [0.05, 0.1) is 13.2 Å². The average molecular weight is 377 g/mol. The lowest BCUT2D eigenvalue weighted by molar-refractivity contribution is -0.249. The maximum Gasteiger partial charge on any atom is 0.222 e. The fourth-order valence-corrected chi connectivity index (χ4v) is 4.51. The Morgan fingerprint density at radius 1 is 0.714 bits per heavy atom. The van der Waals surface area contributed by atoms with E-state index >= 15 is 0 Å². The molecule has 1 fully saturated rings. The van der Waals surface area contributed by atoms with Gasteiger partial charge in [-0.3, -0.25) is 0 Å². The molecule has 0 bridgehead atoms. The second kappa shape index (κ2) is 6.57. The summed E-state index contributed by atoms with van der Waals surface area (Å²) in [6.45, 7) is 14.9. The minimum absolute atomic E-state index is 0.0174. The summed E-state index contributed by atoms with van der Waals surface area (Å²) in [5, 5.41) is 0. The van der Waals surface area contributed by atoms with Crippen molar-refractivity contribution in [1.82, 2.24) is 0 Å². The van der Waals surface area contributed by atoms with Crippen molar-refractivity contribution in [1.29, 1.82) is 0 Å². The monoisotopic (exact) mass is 376 g/mol. The number of allylic oxidation sites excluding steroid dienone is 2. The predicted molar refractivity (Wildman–Crippen MR) is 115 cm³/mol. The Morgan fingerprint density at radius 3 is 1.82 bits per heavy atom. The molecule has 1 heterocycles. The molecule has 2 nitrogen and oxygen atoms in total. The summed E-state index contributed by atoms with van der Waals surface area (Å²) >= 11 is 0. The Bertz CT molecular complexity index is 910. The Morgan fingerprint density at radius 2 is 1.25 bits per heavy atom.